The number of fused-ring (bicyclic) bond motifs is 1. The first-order valence-electron chi connectivity index (χ1n) is 9.50. The Labute approximate surface area is 183 Å². The summed E-state index contributed by atoms with van der Waals surface area (Å²) in [7, 11) is 0. The van der Waals surface area contributed by atoms with E-state index in [1.165, 1.54) is 16.9 Å². The van der Waals surface area contributed by atoms with Gasteiger partial charge in [-0.05, 0) is 45.0 Å². The molecule has 0 N–H and O–H groups in total. The van der Waals surface area contributed by atoms with Gasteiger partial charge in [-0.25, -0.2) is 4.79 Å². The van der Waals surface area contributed by atoms with Gasteiger partial charge in [0.05, 0.1) is 5.02 Å². The average molecular weight is 438 g/mol. The van der Waals surface area contributed by atoms with E-state index in [-0.39, 0.29) is 12.4 Å². The zero-order chi connectivity index (χ0) is 21.4. The van der Waals surface area contributed by atoms with Crippen LogP contribution in [-0.4, -0.2) is 22.9 Å². The van der Waals surface area contributed by atoms with Gasteiger partial charge in [-0.3, -0.25) is 4.79 Å². The van der Waals surface area contributed by atoms with Crippen molar-refractivity contribution in [3.05, 3.63) is 87.0 Å². The van der Waals surface area contributed by atoms with Crippen molar-refractivity contribution in [3.63, 3.8) is 0 Å². The van der Waals surface area contributed by atoms with Crippen molar-refractivity contribution in [1.29, 1.82) is 0 Å². The van der Waals surface area contributed by atoms with E-state index in [1.807, 2.05) is 79.9 Å². The monoisotopic (exact) mass is 437 g/mol. The number of ether oxygens (including phenoxy) is 1. The summed E-state index contributed by atoms with van der Waals surface area (Å²) in [5.41, 5.74) is 4.47. The maximum atomic E-state index is 12.8. The van der Waals surface area contributed by atoms with Crippen LogP contribution in [-0.2, 0) is 4.74 Å². The van der Waals surface area contributed by atoms with Crippen LogP contribution in [0.15, 0.2) is 54.6 Å². The molecule has 0 radical (unpaired) electrons. The molecule has 4 aromatic rings. The zero-order valence-electron chi connectivity index (χ0n) is 16.9. The average Bonchev–Trinajstić information content (AvgIpc) is 3.23. The lowest BCUT2D eigenvalue weighted by Gasteiger charge is -2.10. The number of hydrogen-bond acceptors (Lipinski definition) is 4. The van der Waals surface area contributed by atoms with Gasteiger partial charge < -0.3 is 9.30 Å². The summed E-state index contributed by atoms with van der Waals surface area (Å²) in [5.74, 6) is -0.825. The Hall–Kier alpha value is -2.89. The van der Waals surface area contributed by atoms with E-state index in [1.54, 1.807) is 0 Å². The van der Waals surface area contributed by atoms with Gasteiger partial charge in [0, 0.05) is 32.7 Å². The Balaban J connectivity index is 1.53. The molecule has 30 heavy (non-hydrogen) atoms. The van der Waals surface area contributed by atoms with E-state index in [4.69, 9.17) is 16.3 Å². The van der Waals surface area contributed by atoms with E-state index in [2.05, 4.69) is 0 Å². The van der Waals surface area contributed by atoms with Crippen LogP contribution in [0, 0.1) is 20.8 Å². The topological polar surface area (TPSA) is 48.3 Å². The molecular weight excluding hydrogens is 418 g/mol. The van der Waals surface area contributed by atoms with Crippen LogP contribution in [0.5, 0.6) is 0 Å². The molecule has 0 bridgehead atoms. The summed E-state index contributed by atoms with van der Waals surface area (Å²) in [6.07, 6.45) is 0. The summed E-state index contributed by atoms with van der Waals surface area (Å²) in [6.45, 7) is 5.55. The van der Waals surface area contributed by atoms with E-state index < -0.39 is 5.97 Å². The molecule has 0 amide bonds. The minimum absolute atomic E-state index is 0.243. The van der Waals surface area contributed by atoms with Crippen LogP contribution in [0.4, 0.5) is 0 Å². The summed E-state index contributed by atoms with van der Waals surface area (Å²) >= 11 is 7.60. The van der Waals surface area contributed by atoms with Crippen molar-refractivity contribution in [3.8, 4) is 5.69 Å². The lowest BCUT2D eigenvalue weighted by molar-refractivity contribution is 0.0479. The van der Waals surface area contributed by atoms with Crippen LogP contribution >= 0.6 is 22.9 Å². The van der Waals surface area contributed by atoms with Crippen molar-refractivity contribution in [2.45, 2.75) is 20.8 Å². The Kier molecular flexibility index (Phi) is 5.50. The van der Waals surface area contributed by atoms with Gasteiger partial charge in [-0.2, -0.15) is 0 Å². The van der Waals surface area contributed by atoms with Crippen LogP contribution in [0.2, 0.25) is 5.02 Å². The Bertz CT molecular complexity index is 1270. The van der Waals surface area contributed by atoms with Gasteiger partial charge in [0.1, 0.15) is 4.88 Å². The number of carbonyl (C=O) groups excluding carboxylic acids is 2. The Morgan fingerprint density at radius 1 is 1.03 bits per heavy atom. The molecule has 0 aliphatic heterocycles. The lowest BCUT2D eigenvalue weighted by atomic mass is 10.1. The van der Waals surface area contributed by atoms with Gasteiger partial charge >= 0.3 is 5.97 Å². The number of hydrogen-bond donors (Lipinski definition) is 0. The number of aryl methyl sites for hydroxylation is 2. The minimum Gasteiger partial charge on any atom is -0.453 e. The van der Waals surface area contributed by atoms with E-state index in [0.29, 0.717) is 15.5 Å². The third kappa shape index (κ3) is 3.66. The number of esters is 1. The second kappa shape index (κ2) is 8.09. The molecule has 0 atom stereocenters. The number of aromatic nitrogens is 1. The molecule has 6 heteroatoms. The molecule has 4 nitrogen and oxygen atoms in total. The number of ketones is 1. The van der Waals surface area contributed by atoms with Crippen molar-refractivity contribution in [2.24, 2.45) is 0 Å². The van der Waals surface area contributed by atoms with Gasteiger partial charge in [0.25, 0.3) is 0 Å². The lowest BCUT2D eigenvalue weighted by Crippen LogP contribution is -2.14. The predicted molar refractivity (Wildman–Crippen MR) is 121 cm³/mol. The number of rotatable bonds is 5. The van der Waals surface area contributed by atoms with E-state index in [0.717, 1.165) is 27.2 Å². The van der Waals surface area contributed by atoms with Crippen LogP contribution in [0.1, 0.15) is 37.0 Å². The van der Waals surface area contributed by atoms with Gasteiger partial charge in [0.15, 0.2) is 6.61 Å². The van der Waals surface area contributed by atoms with E-state index in [9.17, 15) is 9.59 Å². The molecule has 0 unspecified atom stereocenters. The molecule has 2 aromatic heterocycles. The van der Waals surface area contributed by atoms with Gasteiger partial charge in [-0.15, -0.1) is 11.3 Å². The fourth-order valence-corrected chi connectivity index (χ4v) is 4.96. The third-order valence-corrected chi connectivity index (χ3v) is 6.73. The van der Waals surface area contributed by atoms with Gasteiger partial charge in [-0.1, -0.05) is 47.5 Å². The highest BCUT2D eigenvalue weighted by molar-refractivity contribution is 7.21. The first kappa shape index (κ1) is 20.4. The molecule has 0 aliphatic rings. The smallest absolute Gasteiger partial charge is 0.350 e. The number of carbonyl (C=O) groups is 2. The molecule has 152 valence electrons. The number of Topliss-reactive ketones (excluding diaryl/α,β-unsaturated/α-hetero) is 1. The maximum Gasteiger partial charge on any atom is 0.350 e. The quantitative estimate of drug-likeness (QED) is 0.271. The summed E-state index contributed by atoms with van der Waals surface area (Å²) in [6, 6.07) is 17.4. The number of halogens is 1. The highest BCUT2D eigenvalue weighted by Crippen LogP contribution is 2.35. The predicted octanol–water partition coefficient (Wildman–Crippen LogP) is 6.31. The SMILES string of the molecule is Cc1ccc(-n2c(C)cc(C(=O)COC(=O)c3sc4ccccc4c3Cl)c2C)cc1. The number of thiophene rings is 1. The first-order valence-corrected chi connectivity index (χ1v) is 10.7. The Morgan fingerprint density at radius 3 is 2.43 bits per heavy atom. The highest BCUT2D eigenvalue weighted by Gasteiger charge is 2.21. The number of benzene rings is 2. The fourth-order valence-electron chi connectivity index (χ4n) is 3.56. The molecule has 0 saturated carbocycles. The maximum absolute atomic E-state index is 12.8. The van der Waals surface area contributed by atoms with Crippen molar-refractivity contribution in [2.75, 3.05) is 6.61 Å². The van der Waals surface area contributed by atoms with Crippen molar-refractivity contribution >= 4 is 44.8 Å². The molecule has 2 heterocycles. The van der Waals surface area contributed by atoms with Crippen LogP contribution in [0.25, 0.3) is 15.8 Å². The van der Waals surface area contributed by atoms with Crippen LogP contribution in [0.3, 0.4) is 0 Å². The highest BCUT2D eigenvalue weighted by atomic mass is 35.5. The molecule has 0 saturated heterocycles. The number of nitrogens with zero attached hydrogens (tertiary/aromatic N) is 1. The second-order valence-corrected chi connectivity index (χ2v) is 8.63. The summed E-state index contributed by atoms with van der Waals surface area (Å²) in [5, 5.41) is 1.18. The summed E-state index contributed by atoms with van der Waals surface area (Å²) < 4.78 is 8.24. The largest absolute Gasteiger partial charge is 0.453 e. The summed E-state index contributed by atoms with van der Waals surface area (Å²) in [4.78, 5) is 25.6. The molecule has 0 aliphatic carbocycles. The molecule has 4 rings (SSSR count). The molecular formula is C24H20ClNO3S. The van der Waals surface area contributed by atoms with E-state index >= 15 is 0 Å². The molecule has 0 spiro atoms. The molecule has 0 fully saturated rings. The normalized spacial score (nSPS) is 11.1. The fraction of sp³-hybridized carbons (Fsp3) is 0.167. The second-order valence-electron chi connectivity index (χ2n) is 7.20. The first-order chi connectivity index (χ1) is 14.4. The Morgan fingerprint density at radius 2 is 1.73 bits per heavy atom. The molecule has 2 aromatic carbocycles. The van der Waals surface area contributed by atoms with Crippen LogP contribution < -0.4 is 0 Å². The standard InChI is InChI=1S/C24H20ClNO3S/c1-14-8-10-17(11-9-14)26-15(2)12-19(16(26)3)20(27)13-29-24(28)23-22(25)18-6-4-5-7-21(18)30-23/h4-12H,13H2,1-3H3. The van der Waals surface area contributed by atoms with Crippen molar-refractivity contribution in [1.82, 2.24) is 4.57 Å². The zero-order valence-corrected chi connectivity index (χ0v) is 18.4. The van der Waals surface area contributed by atoms with Crippen molar-refractivity contribution < 1.29 is 14.3 Å². The third-order valence-electron chi connectivity index (χ3n) is 5.08. The minimum atomic E-state index is -0.582. The van der Waals surface area contributed by atoms with Gasteiger partial charge in [0.2, 0.25) is 5.78 Å².